The van der Waals surface area contributed by atoms with Crippen LogP contribution in [-0.4, -0.2) is 21.7 Å². The molecule has 0 saturated heterocycles. The Bertz CT molecular complexity index is 623. The van der Waals surface area contributed by atoms with Crippen molar-refractivity contribution in [1.82, 2.24) is 15.1 Å². The number of carbonyl (C=O) groups excluding carboxylic acids is 1. The molecule has 5 heteroatoms. The normalized spacial score (nSPS) is 21.0. The van der Waals surface area contributed by atoms with Crippen molar-refractivity contribution in [3.8, 4) is 5.69 Å². The van der Waals surface area contributed by atoms with E-state index in [0.717, 1.165) is 30.5 Å². The largest absolute Gasteiger partial charge is 0.352 e. The first kappa shape index (κ1) is 14.8. The summed E-state index contributed by atoms with van der Waals surface area (Å²) < 4.78 is 1.81. The molecule has 1 aromatic heterocycles. The molecular weight excluding hydrogens is 276 g/mol. The molecule has 2 atom stereocenters. The van der Waals surface area contributed by atoms with Crippen molar-refractivity contribution in [3.63, 3.8) is 0 Å². The Hall–Kier alpha value is -2.14. The van der Waals surface area contributed by atoms with Crippen molar-refractivity contribution in [2.75, 3.05) is 0 Å². The molecule has 1 aliphatic carbocycles. The summed E-state index contributed by atoms with van der Waals surface area (Å²) >= 11 is 0. The predicted molar refractivity (Wildman–Crippen MR) is 85.3 cm³/mol. The maximum atomic E-state index is 12.1. The van der Waals surface area contributed by atoms with Gasteiger partial charge in [0, 0.05) is 31.4 Å². The van der Waals surface area contributed by atoms with Gasteiger partial charge in [-0.05, 0) is 36.5 Å². The van der Waals surface area contributed by atoms with E-state index in [1.54, 1.807) is 6.20 Å². The van der Waals surface area contributed by atoms with E-state index in [4.69, 9.17) is 5.73 Å². The molecule has 0 spiro atoms. The van der Waals surface area contributed by atoms with Gasteiger partial charge in [-0.2, -0.15) is 5.10 Å². The van der Waals surface area contributed by atoms with E-state index < -0.39 is 0 Å². The van der Waals surface area contributed by atoms with Crippen LogP contribution in [0.1, 0.15) is 31.2 Å². The van der Waals surface area contributed by atoms with Crippen LogP contribution in [0.3, 0.4) is 0 Å². The molecule has 0 unspecified atom stereocenters. The molecule has 1 aliphatic rings. The molecule has 1 heterocycles. The van der Waals surface area contributed by atoms with Gasteiger partial charge < -0.3 is 11.1 Å². The fourth-order valence-electron chi connectivity index (χ4n) is 3.12. The Labute approximate surface area is 130 Å². The number of nitrogens with zero attached hydrogens (tertiary/aromatic N) is 2. The van der Waals surface area contributed by atoms with E-state index >= 15 is 0 Å². The monoisotopic (exact) mass is 298 g/mol. The number of hydrogen-bond donors (Lipinski definition) is 2. The first-order valence-electron chi connectivity index (χ1n) is 7.84. The second-order valence-electron chi connectivity index (χ2n) is 5.92. The van der Waals surface area contributed by atoms with Gasteiger partial charge in [-0.1, -0.05) is 24.6 Å². The zero-order chi connectivity index (χ0) is 15.4. The molecule has 0 bridgehead atoms. The lowest BCUT2D eigenvalue weighted by Gasteiger charge is -2.15. The van der Waals surface area contributed by atoms with Gasteiger partial charge in [0.2, 0.25) is 5.91 Å². The number of amides is 1. The van der Waals surface area contributed by atoms with Crippen molar-refractivity contribution in [2.45, 2.75) is 38.3 Å². The molecule has 22 heavy (non-hydrogen) atoms. The Morgan fingerprint density at radius 2 is 2.18 bits per heavy atom. The number of benzene rings is 1. The van der Waals surface area contributed by atoms with E-state index in [9.17, 15) is 4.79 Å². The van der Waals surface area contributed by atoms with Crippen LogP contribution in [-0.2, 0) is 11.3 Å². The van der Waals surface area contributed by atoms with Gasteiger partial charge in [0.1, 0.15) is 0 Å². The van der Waals surface area contributed by atoms with Gasteiger partial charge in [-0.15, -0.1) is 0 Å². The summed E-state index contributed by atoms with van der Waals surface area (Å²) in [6, 6.07) is 10.0. The van der Waals surface area contributed by atoms with Crippen molar-refractivity contribution < 1.29 is 4.79 Å². The molecule has 0 radical (unpaired) electrons. The zero-order valence-electron chi connectivity index (χ0n) is 12.6. The number of nitrogens with one attached hydrogen (secondary N) is 1. The van der Waals surface area contributed by atoms with Crippen molar-refractivity contribution in [3.05, 3.63) is 48.3 Å². The first-order chi connectivity index (χ1) is 10.7. The van der Waals surface area contributed by atoms with Crippen molar-refractivity contribution in [2.24, 2.45) is 11.7 Å². The summed E-state index contributed by atoms with van der Waals surface area (Å²) in [6.07, 6.45) is 7.43. The lowest BCUT2D eigenvalue weighted by molar-refractivity contribution is -0.122. The summed E-state index contributed by atoms with van der Waals surface area (Å²) in [5.74, 6) is 0.416. The molecule has 0 aliphatic heterocycles. The van der Waals surface area contributed by atoms with E-state index in [2.05, 4.69) is 10.4 Å². The average Bonchev–Trinajstić information content (AvgIpc) is 3.18. The van der Waals surface area contributed by atoms with E-state index in [-0.39, 0.29) is 11.9 Å². The minimum atomic E-state index is 0.0811. The lowest BCUT2D eigenvalue weighted by Crippen LogP contribution is -2.31. The van der Waals surface area contributed by atoms with Crippen molar-refractivity contribution in [1.29, 1.82) is 0 Å². The Morgan fingerprint density at radius 3 is 2.91 bits per heavy atom. The summed E-state index contributed by atoms with van der Waals surface area (Å²) in [5, 5.41) is 7.27. The standard InChI is InChI=1S/C17H22N4O/c18-15-7-3-6-13(15)11-17(22)19-12-14-5-1-2-8-16(14)21-10-4-9-20-21/h1-2,4-5,8-10,13,15H,3,6-7,11-12,18H2,(H,19,22)/t13-,15+/m0/s1. The third-order valence-electron chi connectivity index (χ3n) is 4.38. The third kappa shape index (κ3) is 3.36. The number of para-hydroxylation sites is 1. The highest BCUT2D eigenvalue weighted by Crippen LogP contribution is 2.26. The van der Waals surface area contributed by atoms with E-state index in [0.29, 0.717) is 18.9 Å². The first-order valence-corrected chi connectivity index (χ1v) is 7.84. The molecule has 1 saturated carbocycles. The molecule has 116 valence electrons. The summed E-state index contributed by atoms with van der Waals surface area (Å²) in [4.78, 5) is 12.1. The summed E-state index contributed by atoms with van der Waals surface area (Å²) in [5.41, 5.74) is 8.07. The molecule has 2 aromatic rings. The second-order valence-corrected chi connectivity index (χ2v) is 5.92. The van der Waals surface area contributed by atoms with Gasteiger partial charge in [0.25, 0.3) is 0 Å². The molecule has 1 aromatic carbocycles. The van der Waals surface area contributed by atoms with Crippen LogP contribution in [0.25, 0.3) is 5.69 Å². The Morgan fingerprint density at radius 1 is 1.32 bits per heavy atom. The maximum Gasteiger partial charge on any atom is 0.220 e. The zero-order valence-corrected chi connectivity index (χ0v) is 12.6. The molecule has 1 amide bonds. The van der Waals surface area contributed by atoms with Crippen molar-refractivity contribution >= 4 is 5.91 Å². The van der Waals surface area contributed by atoms with Gasteiger partial charge in [0.15, 0.2) is 0 Å². The Kier molecular flexibility index (Phi) is 4.53. The van der Waals surface area contributed by atoms with Gasteiger partial charge in [-0.25, -0.2) is 4.68 Å². The van der Waals surface area contributed by atoms with E-state index in [1.807, 2.05) is 41.2 Å². The maximum absolute atomic E-state index is 12.1. The molecule has 3 N–H and O–H groups in total. The lowest BCUT2D eigenvalue weighted by atomic mass is 10.00. The van der Waals surface area contributed by atoms with Crippen LogP contribution in [0.4, 0.5) is 0 Å². The van der Waals surface area contributed by atoms with Crippen LogP contribution < -0.4 is 11.1 Å². The molecule has 3 rings (SSSR count). The van der Waals surface area contributed by atoms with E-state index in [1.165, 1.54) is 0 Å². The quantitative estimate of drug-likeness (QED) is 0.887. The average molecular weight is 298 g/mol. The highest BCUT2D eigenvalue weighted by atomic mass is 16.1. The van der Waals surface area contributed by atoms with Crippen LogP contribution in [0.15, 0.2) is 42.7 Å². The summed E-state index contributed by atoms with van der Waals surface area (Å²) in [6.45, 7) is 0.511. The second kappa shape index (κ2) is 6.75. The van der Waals surface area contributed by atoms with Crippen LogP contribution in [0.2, 0.25) is 0 Å². The predicted octanol–water partition coefficient (Wildman–Crippen LogP) is 2.01. The van der Waals surface area contributed by atoms with Gasteiger partial charge in [0.05, 0.1) is 5.69 Å². The molecule has 5 nitrogen and oxygen atoms in total. The summed E-state index contributed by atoms with van der Waals surface area (Å²) in [7, 11) is 0. The fraction of sp³-hybridized carbons (Fsp3) is 0.412. The van der Waals surface area contributed by atoms with Crippen LogP contribution in [0.5, 0.6) is 0 Å². The number of rotatable bonds is 5. The molecular formula is C17H22N4O. The number of aromatic nitrogens is 2. The Balaban J connectivity index is 1.61. The third-order valence-corrected chi connectivity index (χ3v) is 4.38. The highest BCUT2D eigenvalue weighted by Gasteiger charge is 2.25. The smallest absolute Gasteiger partial charge is 0.220 e. The number of nitrogens with two attached hydrogens (primary N) is 1. The number of hydrogen-bond acceptors (Lipinski definition) is 3. The number of carbonyl (C=O) groups is 1. The minimum absolute atomic E-state index is 0.0811. The van der Waals surface area contributed by atoms with Crippen LogP contribution >= 0.6 is 0 Å². The van der Waals surface area contributed by atoms with Gasteiger partial charge in [-0.3, -0.25) is 4.79 Å². The highest BCUT2D eigenvalue weighted by molar-refractivity contribution is 5.76. The fourth-order valence-corrected chi connectivity index (χ4v) is 3.12. The minimum Gasteiger partial charge on any atom is -0.352 e. The molecule has 1 fully saturated rings. The van der Waals surface area contributed by atoms with Gasteiger partial charge >= 0.3 is 0 Å². The van der Waals surface area contributed by atoms with Crippen LogP contribution in [0, 0.1) is 5.92 Å². The SMILES string of the molecule is N[C@@H]1CCC[C@H]1CC(=O)NCc1ccccc1-n1cccn1. The topological polar surface area (TPSA) is 72.9 Å².